The molecule has 4 aromatic rings. The lowest BCUT2D eigenvalue weighted by Gasteiger charge is -2.13. The second-order valence-electron chi connectivity index (χ2n) is 7.24. The van der Waals surface area contributed by atoms with Gasteiger partial charge < -0.3 is 0 Å². The molecule has 0 saturated carbocycles. The molecule has 0 atom stereocenters. The molecular formula is C21H11Cl2F6N5O. The van der Waals surface area contributed by atoms with Crippen molar-refractivity contribution in [2.45, 2.75) is 19.3 Å². The first-order chi connectivity index (χ1) is 16.3. The first-order valence-electron chi connectivity index (χ1n) is 9.52. The maximum atomic E-state index is 13.2. The van der Waals surface area contributed by atoms with Crippen molar-refractivity contribution in [2.75, 3.05) is 0 Å². The Morgan fingerprint density at radius 1 is 0.886 bits per heavy atom. The molecule has 0 saturated heterocycles. The summed E-state index contributed by atoms with van der Waals surface area (Å²) in [5.74, 6) is -0.866. The van der Waals surface area contributed by atoms with Gasteiger partial charge in [-0.05, 0) is 49.4 Å². The fourth-order valence-electron chi connectivity index (χ4n) is 3.20. The summed E-state index contributed by atoms with van der Waals surface area (Å²) in [6.45, 7) is 1.53. The molecule has 2 aromatic carbocycles. The summed E-state index contributed by atoms with van der Waals surface area (Å²) in [5, 5.41) is 4.22. The molecular weight excluding hydrogens is 523 g/mol. The summed E-state index contributed by atoms with van der Waals surface area (Å²) in [5.41, 5.74) is -3.67. The van der Waals surface area contributed by atoms with Crippen LogP contribution in [0.2, 0.25) is 10.2 Å². The number of aromatic nitrogens is 5. The molecule has 0 bridgehead atoms. The fourth-order valence-corrected chi connectivity index (χ4v) is 3.49. The minimum Gasteiger partial charge on any atom is -0.275 e. The number of hydrogen-bond donors (Lipinski definition) is 0. The number of benzene rings is 2. The van der Waals surface area contributed by atoms with E-state index in [1.165, 1.54) is 23.6 Å². The van der Waals surface area contributed by atoms with Crippen molar-refractivity contribution in [2.24, 2.45) is 0 Å². The largest absolute Gasteiger partial charge is 0.416 e. The third kappa shape index (κ3) is 4.89. The lowest BCUT2D eigenvalue weighted by molar-refractivity contribution is -0.143. The summed E-state index contributed by atoms with van der Waals surface area (Å²) in [7, 11) is 0. The first-order valence-corrected chi connectivity index (χ1v) is 10.3. The number of hydrogen-bond acceptors (Lipinski definition) is 4. The predicted molar refractivity (Wildman–Crippen MR) is 115 cm³/mol. The highest BCUT2D eigenvalue weighted by Gasteiger charge is 2.37. The van der Waals surface area contributed by atoms with E-state index in [2.05, 4.69) is 15.1 Å². The molecule has 0 unspecified atom stereocenters. The van der Waals surface area contributed by atoms with E-state index in [0.29, 0.717) is 22.8 Å². The van der Waals surface area contributed by atoms with Crippen molar-refractivity contribution in [3.8, 4) is 22.9 Å². The molecule has 0 spiro atoms. The summed E-state index contributed by atoms with van der Waals surface area (Å²) in [6.07, 6.45) is -9.15. The smallest absolute Gasteiger partial charge is 0.275 e. The molecule has 0 aliphatic heterocycles. The Balaban J connectivity index is 1.86. The van der Waals surface area contributed by atoms with E-state index in [9.17, 15) is 31.1 Å². The average molecular weight is 534 g/mol. The maximum absolute atomic E-state index is 13.2. The van der Waals surface area contributed by atoms with Gasteiger partial charge in [-0.2, -0.15) is 31.0 Å². The molecule has 6 nitrogen and oxygen atoms in total. The number of halogens is 8. The number of rotatable bonds is 3. The van der Waals surface area contributed by atoms with Gasteiger partial charge in [-0.3, -0.25) is 9.36 Å². The monoisotopic (exact) mass is 533 g/mol. The zero-order valence-electron chi connectivity index (χ0n) is 17.3. The van der Waals surface area contributed by atoms with Crippen LogP contribution in [0.25, 0.3) is 22.9 Å². The minimum atomic E-state index is -5.04. The van der Waals surface area contributed by atoms with Crippen LogP contribution < -0.4 is 5.56 Å². The van der Waals surface area contributed by atoms with Gasteiger partial charge in [0.2, 0.25) is 5.82 Å². The molecule has 0 fully saturated rings. The number of alkyl halides is 6. The molecule has 14 heteroatoms. The van der Waals surface area contributed by atoms with Crippen LogP contribution in [-0.4, -0.2) is 24.3 Å². The molecule has 0 radical (unpaired) electrons. The van der Waals surface area contributed by atoms with Crippen molar-refractivity contribution in [1.29, 1.82) is 0 Å². The van der Waals surface area contributed by atoms with Crippen molar-refractivity contribution in [1.82, 2.24) is 24.3 Å². The average Bonchev–Trinajstić information content (AvgIpc) is 3.26. The van der Waals surface area contributed by atoms with Crippen LogP contribution in [0.5, 0.6) is 0 Å². The third-order valence-corrected chi connectivity index (χ3v) is 5.48. The van der Waals surface area contributed by atoms with E-state index in [0.717, 1.165) is 11.0 Å². The van der Waals surface area contributed by atoms with E-state index in [-0.39, 0.29) is 22.7 Å². The van der Waals surface area contributed by atoms with Crippen molar-refractivity contribution >= 4 is 23.2 Å². The Bertz CT molecular complexity index is 1440. The van der Waals surface area contributed by atoms with Crippen LogP contribution in [0.15, 0.2) is 53.6 Å². The Hall–Kier alpha value is -3.38. The van der Waals surface area contributed by atoms with Gasteiger partial charge in [-0.25, -0.2) is 9.97 Å². The SMILES string of the molecule is Cc1c(Cl)nc(-n2cnc(-c3cc(C(F)(F)F)cc(C(F)(F)F)c3)n2)c(=O)n1-c1ccc(Cl)cc1. The Kier molecular flexibility index (Phi) is 6.14. The fraction of sp³-hybridized carbons (Fsp3) is 0.143. The topological polar surface area (TPSA) is 65.6 Å². The van der Waals surface area contributed by atoms with Crippen LogP contribution in [0, 0.1) is 6.92 Å². The van der Waals surface area contributed by atoms with Gasteiger partial charge in [-0.15, -0.1) is 5.10 Å². The normalized spacial score (nSPS) is 12.3. The van der Waals surface area contributed by atoms with E-state index < -0.39 is 40.4 Å². The van der Waals surface area contributed by atoms with Crippen molar-refractivity contribution in [3.63, 3.8) is 0 Å². The van der Waals surface area contributed by atoms with Crippen LogP contribution in [-0.2, 0) is 12.4 Å². The summed E-state index contributed by atoms with van der Waals surface area (Å²) < 4.78 is 81.2. The second-order valence-corrected chi connectivity index (χ2v) is 8.03. The van der Waals surface area contributed by atoms with Crippen LogP contribution in [0.3, 0.4) is 0 Å². The molecule has 4 rings (SSSR count). The van der Waals surface area contributed by atoms with Gasteiger partial charge >= 0.3 is 17.9 Å². The zero-order valence-corrected chi connectivity index (χ0v) is 18.8. The Morgan fingerprint density at radius 3 is 2.00 bits per heavy atom. The van der Waals surface area contributed by atoms with Gasteiger partial charge in [0.15, 0.2) is 11.0 Å². The van der Waals surface area contributed by atoms with Gasteiger partial charge in [-0.1, -0.05) is 23.2 Å². The van der Waals surface area contributed by atoms with E-state index >= 15 is 0 Å². The van der Waals surface area contributed by atoms with E-state index in [1.54, 1.807) is 12.1 Å². The van der Waals surface area contributed by atoms with Gasteiger partial charge in [0.05, 0.1) is 16.8 Å². The van der Waals surface area contributed by atoms with Crippen LogP contribution in [0.4, 0.5) is 26.3 Å². The van der Waals surface area contributed by atoms with Gasteiger partial charge in [0.1, 0.15) is 6.33 Å². The molecule has 2 aromatic heterocycles. The van der Waals surface area contributed by atoms with Crippen LogP contribution >= 0.6 is 23.2 Å². The lowest BCUT2D eigenvalue weighted by atomic mass is 10.0. The van der Waals surface area contributed by atoms with Crippen molar-refractivity contribution in [3.05, 3.63) is 86.1 Å². The van der Waals surface area contributed by atoms with Gasteiger partial charge in [0, 0.05) is 16.3 Å². The molecule has 0 aliphatic rings. The summed E-state index contributed by atoms with van der Waals surface area (Å²) >= 11 is 12.1. The first kappa shape index (κ1) is 24.7. The highest BCUT2D eigenvalue weighted by atomic mass is 35.5. The lowest BCUT2D eigenvalue weighted by Crippen LogP contribution is -2.27. The summed E-state index contributed by atoms with van der Waals surface area (Å²) in [4.78, 5) is 20.9. The zero-order chi connectivity index (χ0) is 25.7. The molecule has 0 amide bonds. The summed E-state index contributed by atoms with van der Waals surface area (Å²) in [6, 6.07) is 7.13. The molecule has 182 valence electrons. The third-order valence-electron chi connectivity index (χ3n) is 4.87. The number of nitrogens with zero attached hydrogens (tertiary/aromatic N) is 5. The molecule has 0 N–H and O–H groups in total. The standard InChI is InChI=1S/C21H11Cl2F6N5O/c1-10-16(23)31-18(19(35)34(10)15-4-2-14(22)3-5-15)33-9-30-17(32-33)11-6-12(20(24,25)26)8-13(7-11)21(27,28)29/h2-9H,1H3. The Labute approximate surface area is 202 Å². The highest BCUT2D eigenvalue weighted by Crippen LogP contribution is 2.38. The maximum Gasteiger partial charge on any atom is 0.416 e. The van der Waals surface area contributed by atoms with Crippen molar-refractivity contribution < 1.29 is 26.3 Å². The van der Waals surface area contributed by atoms with E-state index in [1.807, 2.05) is 0 Å². The van der Waals surface area contributed by atoms with E-state index in [4.69, 9.17) is 23.2 Å². The quantitative estimate of drug-likeness (QED) is 0.297. The van der Waals surface area contributed by atoms with Crippen LogP contribution in [0.1, 0.15) is 16.8 Å². The molecule has 2 heterocycles. The molecule has 0 aliphatic carbocycles. The van der Waals surface area contributed by atoms with Gasteiger partial charge in [0.25, 0.3) is 0 Å². The molecule has 35 heavy (non-hydrogen) atoms. The highest BCUT2D eigenvalue weighted by molar-refractivity contribution is 6.30. The Morgan fingerprint density at radius 2 is 1.46 bits per heavy atom. The second kappa shape index (κ2) is 8.68. The minimum absolute atomic E-state index is 0.00736. The predicted octanol–water partition coefficient (Wildman–Crippen LogP) is 6.13.